The number of carbonyl (C=O) groups is 2. The lowest BCUT2D eigenvalue weighted by Gasteiger charge is -2.44. The SMILES string of the molecule is Fc1c(F)c(F)c([B-](c2c(F)c(F)c(F)c(F)c2F)(c2c(F)c(F)c(F)c(F)c2F)c2c(F)c(F)c(F)c(F)c2F)c(F)c1F.O=C(C[n+]1ccc2ccccc2c1C(=O)C=Cc1ccccc1)c1ccccc1. The van der Waals surface area contributed by atoms with Crippen LogP contribution < -0.4 is 26.4 Å². The van der Waals surface area contributed by atoms with Crippen molar-refractivity contribution in [2.24, 2.45) is 0 Å². The van der Waals surface area contributed by atoms with E-state index in [1.165, 1.54) is 0 Å². The van der Waals surface area contributed by atoms with Gasteiger partial charge in [0.1, 0.15) is 52.7 Å². The molecule has 1 heterocycles. The monoisotopic (exact) mass is 1060 g/mol. The third kappa shape index (κ3) is 8.80. The van der Waals surface area contributed by atoms with E-state index in [1.807, 2.05) is 85.1 Å². The number of ketones is 2. The van der Waals surface area contributed by atoms with Crippen molar-refractivity contribution in [2.75, 3.05) is 0 Å². The van der Waals surface area contributed by atoms with Crippen LogP contribution in [0.2, 0.25) is 0 Å². The summed E-state index contributed by atoms with van der Waals surface area (Å²) in [5.41, 5.74) is -12.2. The lowest BCUT2D eigenvalue weighted by molar-refractivity contribution is -0.683. The maximum Gasteiger partial charge on any atom is 0.261 e. The Hall–Kier alpha value is -8.31. The second-order valence-corrected chi connectivity index (χ2v) is 15.6. The first-order valence-corrected chi connectivity index (χ1v) is 20.4. The maximum absolute atomic E-state index is 15.4. The van der Waals surface area contributed by atoms with Gasteiger partial charge in [0.25, 0.3) is 5.69 Å². The Morgan fingerprint density at radius 1 is 0.378 bits per heavy atom. The molecule has 0 N–H and O–H groups in total. The molecule has 0 bridgehead atoms. The molecule has 380 valence electrons. The van der Waals surface area contributed by atoms with Gasteiger partial charge in [0.15, 0.2) is 76.0 Å². The van der Waals surface area contributed by atoms with Crippen LogP contribution in [0.5, 0.6) is 0 Å². The van der Waals surface area contributed by atoms with Crippen LogP contribution in [0.4, 0.5) is 87.8 Å². The van der Waals surface area contributed by atoms with E-state index in [-0.39, 0.29) is 18.1 Å². The maximum atomic E-state index is 15.4. The smallest absolute Gasteiger partial charge is 0.261 e. The minimum Gasteiger partial charge on any atom is -0.287 e. The number of fused-ring (bicyclic) bond motifs is 1. The molecular weight excluding hydrogens is 1040 g/mol. The van der Waals surface area contributed by atoms with Gasteiger partial charge in [-0.2, -0.15) is 4.57 Å². The summed E-state index contributed by atoms with van der Waals surface area (Å²) in [6.07, 6.45) is -2.04. The summed E-state index contributed by atoms with van der Waals surface area (Å²) in [7, 11) is 0. The van der Waals surface area contributed by atoms with Crippen LogP contribution in [0.3, 0.4) is 0 Å². The summed E-state index contributed by atoms with van der Waals surface area (Å²) in [6, 6.07) is 28.5. The Labute approximate surface area is 400 Å². The summed E-state index contributed by atoms with van der Waals surface area (Å²) in [5.74, 6) is -71.6. The number of rotatable bonds is 10. The molecule has 0 saturated carbocycles. The Balaban J connectivity index is 0.000000237. The molecule has 1 aromatic heterocycles. The Morgan fingerprint density at radius 2 is 0.689 bits per heavy atom. The topological polar surface area (TPSA) is 38.0 Å². The number of pyridine rings is 1. The van der Waals surface area contributed by atoms with E-state index < -0.39 is 144 Å². The number of aromatic nitrogens is 1. The van der Waals surface area contributed by atoms with Gasteiger partial charge < -0.3 is 0 Å². The standard InChI is InChI=1S/C26H20NO2.C24BF20/c28-24(16-15-20-9-3-1-4-10-20)26-23-14-8-7-11-21(23)17-18-27(26)19-25(29)22-12-5-2-6-13-22;26-5-1(6(27)14(35)21(42)13(5)34)25(2-7(28)15(36)22(43)16(37)8(2)29,3-9(30)17(38)23(44)18(39)10(3)31)4-11(32)19(40)24(45)20(41)12(4)33/h1-18H,19H2;/q+1;-1. The summed E-state index contributed by atoms with van der Waals surface area (Å²) in [6.45, 7) is 0.106. The predicted molar refractivity (Wildman–Crippen MR) is 224 cm³/mol. The zero-order valence-corrected chi connectivity index (χ0v) is 36.0. The molecular formula is C50H20BF20NO2. The number of carbonyl (C=O) groups excluding carboxylic acids is 2. The van der Waals surface area contributed by atoms with Gasteiger partial charge in [-0.25, -0.2) is 87.8 Å². The van der Waals surface area contributed by atoms with Gasteiger partial charge in [-0.05, 0) is 23.1 Å². The molecule has 0 amide bonds. The fourth-order valence-corrected chi connectivity index (χ4v) is 8.22. The largest absolute Gasteiger partial charge is 0.287 e. The van der Waals surface area contributed by atoms with Crippen LogP contribution in [0, 0.1) is 116 Å². The average Bonchev–Trinajstić information content (AvgIpc) is 3.40. The van der Waals surface area contributed by atoms with E-state index in [4.69, 9.17) is 0 Å². The van der Waals surface area contributed by atoms with Crippen LogP contribution in [0.25, 0.3) is 16.8 Å². The van der Waals surface area contributed by atoms with Crippen LogP contribution in [0.1, 0.15) is 26.4 Å². The van der Waals surface area contributed by atoms with E-state index in [2.05, 4.69) is 0 Å². The molecule has 24 heteroatoms. The number of benzene rings is 7. The van der Waals surface area contributed by atoms with Crippen molar-refractivity contribution >= 4 is 56.4 Å². The van der Waals surface area contributed by atoms with Crippen molar-refractivity contribution in [1.82, 2.24) is 0 Å². The average molecular weight is 1060 g/mol. The van der Waals surface area contributed by atoms with Gasteiger partial charge >= 0.3 is 0 Å². The number of hydrogen-bond acceptors (Lipinski definition) is 2. The summed E-state index contributed by atoms with van der Waals surface area (Å²) in [5, 5.41) is 1.80. The van der Waals surface area contributed by atoms with Gasteiger partial charge in [0.05, 0.1) is 5.39 Å². The number of hydrogen-bond donors (Lipinski definition) is 0. The molecule has 0 atom stereocenters. The number of halogens is 20. The van der Waals surface area contributed by atoms with Crippen LogP contribution >= 0.6 is 0 Å². The first-order chi connectivity index (χ1) is 34.9. The number of allylic oxidation sites excluding steroid dienone is 1. The van der Waals surface area contributed by atoms with Crippen molar-refractivity contribution in [3.05, 3.63) is 236 Å². The third-order valence-electron chi connectivity index (χ3n) is 11.5. The molecule has 8 rings (SSSR count). The van der Waals surface area contributed by atoms with E-state index >= 15 is 35.1 Å². The second-order valence-electron chi connectivity index (χ2n) is 15.6. The van der Waals surface area contributed by atoms with E-state index in [1.54, 1.807) is 28.9 Å². The van der Waals surface area contributed by atoms with Gasteiger partial charge in [-0.3, -0.25) is 9.59 Å². The Bertz CT molecular complexity index is 3250. The zero-order valence-electron chi connectivity index (χ0n) is 36.0. The van der Waals surface area contributed by atoms with Crippen molar-refractivity contribution in [2.45, 2.75) is 6.54 Å². The molecule has 0 radical (unpaired) electrons. The minimum atomic E-state index is -7.22. The fourth-order valence-electron chi connectivity index (χ4n) is 8.22. The predicted octanol–water partition coefficient (Wildman–Crippen LogP) is 10.8. The van der Waals surface area contributed by atoms with Crippen LogP contribution in [-0.4, -0.2) is 17.7 Å². The lowest BCUT2D eigenvalue weighted by Crippen LogP contribution is -2.81. The van der Waals surface area contributed by atoms with Gasteiger partial charge in [-0.15, -0.1) is 21.9 Å². The van der Waals surface area contributed by atoms with Crippen molar-refractivity contribution in [3.63, 3.8) is 0 Å². The molecule has 0 spiro atoms. The van der Waals surface area contributed by atoms with Crippen molar-refractivity contribution < 1.29 is 102 Å². The van der Waals surface area contributed by atoms with E-state index in [0.717, 1.165) is 16.3 Å². The van der Waals surface area contributed by atoms with Gasteiger partial charge in [0.2, 0.25) is 18.1 Å². The summed E-state index contributed by atoms with van der Waals surface area (Å²) in [4.78, 5) is 25.9. The highest BCUT2D eigenvalue weighted by atomic mass is 19.2. The molecule has 0 fully saturated rings. The highest BCUT2D eigenvalue weighted by Crippen LogP contribution is 2.31. The van der Waals surface area contributed by atoms with Crippen molar-refractivity contribution in [3.8, 4) is 0 Å². The Morgan fingerprint density at radius 3 is 1.05 bits per heavy atom. The lowest BCUT2D eigenvalue weighted by atomic mass is 9.12. The first-order valence-electron chi connectivity index (χ1n) is 20.4. The highest BCUT2D eigenvalue weighted by Gasteiger charge is 2.52. The fraction of sp³-hybridized carbons (Fsp3) is 0.0200. The minimum absolute atomic E-state index is 0.0352. The molecule has 74 heavy (non-hydrogen) atoms. The van der Waals surface area contributed by atoms with Crippen LogP contribution in [0.15, 0.2) is 103 Å². The molecule has 8 aromatic rings. The molecule has 0 aliphatic carbocycles. The van der Waals surface area contributed by atoms with E-state index in [0.29, 0.717) is 11.3 Å². The molecule has 0 aliphatic heterocycles. The molecule has 0 unspecified atom stereocenters. The number of Topliss-reactive ketones (excluding diaryl/α,β-unsaturated/α-hetero) is 1. The molecule has 3 nitrogen and oxygen atoms in total. The normalized spacial score (nSPS) is 11.6. The second kappa shape index (κ2) is 20.7. The zero-order chi connectivity index (χ0) is 54.4. The summed E-state index contributed by atoms with van der Waals surface area (Å²) < 4.78 is 296. The molecule has 0 aliphatic rings. The first kappa shape index (κ1) is 53.5. The Kier molecular flexibility index (Phi) is 14.9. The quantitative estimate of drug-likeness (QED) is 0.0260. The summed E-state index contributed by atoms with van der Waals surface area (Å²) >= 11 is 0. The van der Waals surface area contributed by atoms with Gasteiger partial charge in [-0.1, -0.05) is 84.9 Å². The number of nitrogens with zero attached hydrogens (tertiary/aromatic N) is 1. The van der Waals surface area contributed by atoms with Gasteiger partial charge in [0, 0.05) is 11.6 Å². The highest BCUT2D eigenvalue weighted by molar-refractivity contribution is 7.20. The third-order valence-corrected chi connectivity index (χ3v) is 11.5. The molecule has 0 saturated heterocycles. The van der Waals surface area contributed by atoms with E-state index in [9.17, 15) is 62.3 Å². The molecule has 7 aromatic carbocycles. The van der Waals surface area contributed by atoms with Crippen molar-refractivity contribution in [1.29, 1.82) is 0 Å². The van der Waals surface area contributed by atoms with Crippen LogP contribution in [-0.2, 0) is 6.54 Å².